The molecule has 0 aliphatic carbocycles. The van der Waals surface area contributed by atoms with Gasteiger partial charge >= 0.3 is 5.63 Å². The first-order chi connectivity index (χ1) is 16.4. The third-order valence-electron chi connectivity index (χ3n) is 4.84. The molecule has 0 unspecified atom stereocenters. The van der Waals surface area contributed by atoms with E-state index < -0.39 is 10.5 Å². The zero-order valence-electron chi connectivity index (χ0n) is 17.9. The average molecular weight is 476 g/mol. The second kappa shape index (κ2) is 9.43. The van der Waals surface area contributed by atoms with Gasteiger partial charge in [-0.05, 0) is 24.3 Å². The molecule has 0 aliphatic rings. The number of nitrogens with one attached hydrogen (secondary N) is 1. The van der Waals surface area contributed by atoms with Crippen molar-refractivity contribution in [2.45, 2.75) is 0 Å². The molecule has 1 N–H and O–H groups in total. The molecule has 2 aromatic carbocycles. The number of nitro benzene ring substituents is 1. The van der Waals surface area contributed by atoms with Gasteiger partial charge in [0.2, 0.25) is 0 Å². The largest absolute Gasteiger partial charge is 0.497 e. The van der Waals surface area contributed by atoms with E-state index in [-0.39, 0.29) is 22.4 Å². The van der Waals surface area contributed by atoms with Crippen LogP contribution in [0.1, 0.15) is 5.01 Å². The smallest absolute Gasteiger partial charge is 0.345 e. The van der Waals surface area contributed by atoms with Crippen LogP contribution in [-0.2, 0) is 0 Å². The number of hydrogen-bond acceptors (Lipinski definition) is 10. The fraction of sp³-hybridized carbons (Fsp3) is 0.0870. The number of benzene rings is 2. The van der Waals surface area contributed by atoms with Gasteiger partial charge in [0, 0.05) is 35.2 Å². The van der Waals surface area contributed by atoms with Gasteiger partial charge in [-0.15, -0.1) is 11.3 Å². The summed E-state index contributed by atoms with van der Waals surface area (Å²) in [6, 6.07) is 12.7. The topological polar surface area (TPSA) is 141 Å². The van der Waals surface area contributed by atoms with Crippen LogP contribution in [0.4, 0.5) is 11.4 Å². The first kappa shape index (κ1) is 22.5. The molecule has 4 rings (SSSR count). The Bertz CT molecular complexity index is 1530. The third-order valence-corrected chi connectivity index (χ3v) is 5.71. The van der Waals surface area contributed by atoms with Crippen molar-refractivity contribution < 1.29 is 18.8 Å². The molecule has 2 heterocycles. The Balaban J connectivity index is 1.68. The molecular formula is C23H16N4O6S. The molecule has 0 aliphatic heterocycles. The normalized spacial score (nSPS) is 11.1. The van der Waals surface area contributed by atoms with Crippen molar-refractivity contribution in [2.75, 3.05) is 19.5 Å². The summed E-state index contributed by atoms with van der Waals surface area (Å²) in [4.78, 5) is 27.4. The molecule has 0 saturated carbocycles. The van der Waals surface area contributed by atoms with Crippen molar-refractivity contribution in [1.82, 2.24) is 4.98 Å². The van der Waals surface area contributed by atoms with Gasteiger partial charge in [-0.25, -0.2) is 9.78 Å². The van der Waals surface area contributed by atoms with Crippen molar-refractivity contribution in [3.8, 4) is 28.8 Å². The van der Waals surface area contributed by atoms with Gasteiger partial charge in [0.15, 0.2) is 0 Å². The molecule has 0 amide bonds. The fourth-order valence-corrected chi connectivity index (χ4v) is 3.93. The first-order valence-corrected chi connectivity index (χ1v) is 10.6. The number of ether oxygens (including phenoxy) is 2. The molecule has 0 saturated heterocycles. The Morgan fingerprint density at radius 3 is 2.76 bits per heavy atom. The van der Waals surface area contributed by atoms with Gasteiger partial charge < -0.3 is 19.2 Å². The van der Waals surface area contributed by atoms with Crippen LogP contribution >= 0.6 is 11.3 Å². The summed E-state index contributed by atoms with van der Waals surface area (Å²) in [5.74, 6) is 1.16. The number of thiazole rings is 1. The van der Waals surface area contributed by atoms with Gasteiger partial charge in [-0.3, -0.25) is 10.1 Å². The van der Waals surface area contributed by atoms with Crippen molar-refractivity contribution in [3.63, 3.8) is 0 Å². The van der Waals surface area contributed by atoms with Gasteiger partial charge in [-0.1, -0.05) is 0 Å². The van der Waals surface area contributed by atoms with Gasteiger partial charge in [0.25, 0.3) is 5.69 Å². The second-order valence-electron chi connectivity index (χ2n) is 6.85. The number of nitro groups is 1. The molecule has 0 spiro atoms. The summed E-state index contributed by atoms with van der Waals surface area (Å²) in [5, 5.41) is 26.1. The van der Waals surface area contributed by atoms with E-state index in [2.05, 4.69) is 16.4 Å². The van der Waals surface area contributed by atoms with E-state index in [1.54, 1.807) is 30.7 Å². The Morgan fingerprint density at radius 1 is 1.24 bits per heavy atom. The highest BCUT2D eigenvalue weighted by Crippen LogP contribution is 2.31. The number of fused-ring (bicyclic) bond motifs is 1. The van der Waals surface area contributed by atoms with Gasteiger partial charge in [-0.2, -0.15) is 5.26 Å². The van der Waals surface area contributed by atoms with Crippen molar-refractivity contribution in [1.29, 1.82) is 5.26 Å². The van der Waals surface area contributed by atoms with Crippen molar-refractivity contribution >= 4 is 39.3 Å². The quantitative estimate of drug-likeness (QED) is 0.172. The zero-order valence-corrected chi connectivity index (χ0v) is 18.7. The number of nitrogens with zero attached hydrogens (tertiary/aromatic N) is 3. The van der Waals surface area contributed by atoms with E-state index >= 15 is 0 Å². The Morgan fingerprint density at radius 2 is 2.06 bits per heavy atom. The number of nitriles is 1. The maximum absolute atomic E-state index is 12.5. The van der Waals surface area contributed by atoms with Crippen LogP contribution in [0.25, 0.3) is 27.8 Å². The van der Waals surface area contributed by atoms with Crippen LogP contribution in [-0.4, -0.2) is 24.1 Å². The second-order valence-corrected chi connectivity index (χ2v) is 7.70. The van der Waals surface area contributed by atoms with E-state index in [0.717, 1.165) is 0 Å². The van der Waals surface area contributed by atoms with Gasteiger partial charge in [0.05, 0.1) is 36.1 Å². The number of hydrogen-bond donors (Lipinski definition) is 1. The van der Waals surface area contributed by atoms with Crippen LogP contribution in [0.5, 0.6) is 11.5 Å². The number of aromatic nitrogens is 1. The molecule has 10 nitrogen and oxygen atoms in total. The summed E-state index contributed by atoms with van der Waals surface area (Å²) in [7, 11) is 3.07. The van der Waals surface area contributed by atoms with Gasteiger partial charge in [0.1, 0.15) is 33.7 Å². The maximum atomic E-state index is 12.5. The molecule has 2 aromatic heterocycles. The third kappa shape index (κ3) is 4.43. The Hall–Kier alpha value is -4.69. The predicted octanol–water partition coefficient (Wildman–Crippen LogP) is 4.82. The summed E-state index contributed by atoms with van der Waals surface area (Å²) < 4.78 is 15.8. The summed E-state index contributed by atoms with van der Waals surface area (Å²) in [5.41, 5.74) is 0.700. The maximum Gasteiger partial charge on any atom is 0.345 e. The van der Waals surface area contributed by atoms with Crippen molar-refractivity contribution in [3.05, 3.63) is 79.6 Å². The number of allylic oxidation sites excluding steroid dienone is 1. The van der Waals surface area contributed by atoms with Crippen LogP contribution in [0, 0.1) is 21.4 Å². The van der Waals surface area contributed by atoms with Crippen LogP contribution in [0.2, 0.25) is 0 Å². The monoisotopic (exact) mass is 476 g/mol. The number of methoxy groups -OCH3 is 2. The summed E-state index contributed by atoms with van der Waals surface area (Å²) in [6.07, 6.45) is 1.48. The van der Waals surface area contributed by atoms with Crippen molar-refractivity contribution in [2.24, 2.45) is 0 Å². The van der Waals surface area contributed by atoms with E-state index in [9.17, 15) is 20.2 Å². The highest BCUT2D eigenvalue weighted by atomic mass is 32.1. The highest BCUT2D eigenvalue weighted by molar-refractivity contribution is 7.11. The van der Waals surface area contributed by atoms with E-state index in [1.165, 1.54) is 48.9 Å². The lowest BCUT2D eigenvalue weighted by atomic mass is 10.1. The number of anilines is 1. The number of non-ortho nitro benzene ring substituents is 1. The molecule has 11 heteroatoms. The average Bonchev–Trinajstić information content (AvgIpc) is 3.33. The standard InChI is InChI=1S/C23H16N4O6S/c1-31-16-4-6-21(32-2)18(9-16)25-11-14(10-24)22-26-19(12-34-22)17-8-13-7-15(27(29)30)3-5-20(13)33-23(17)28/h3-9,11-12,25H,1-2H3/b14-11+. The Kier molecular flexibility index (Phi) is 6.24. The molecule has 170 valence electrons. The SMILES string of the molecule is COc1ccc(OC)c(N/C=C(\C#N)c2nc(-c3cc4cc([N+](=O)[O-])ccc4oc3=O)cs2)c1. The molecule has 0 atom stereocenters. The summed E-state index contributed by atoms with van der Waals surface area (Å²) in [6.45, 7) is 0. The molecule has 34 heavy (non-hydrogen) atoms. The first-order valence-electron chi connectivity index (χ1n) is 9.71. The molecule has 4 aromatic rings. The van der Waals surface area contributed by atoms with E-state index in [0.29, 0.717) is 33.3 Å². The molecule has 0 bridgehead atoms. The fourth-order valence-electron chi connectivity index (χ4n) is 3.14. The van der Waals surface area contributed by atoms with Crippen LogP contribution in [0.3, 0.4) is 0 Å². The summed E-state index contributed by atoms with van der Waals surface area (Å²) >= 11 is 1.17. The van der Waals surface area contributed by atoms with E-state index in [1.807, 2.05) is 0 Å². The highest BCUT2D eigenvalue weighted by Gasteiger charge is 2.16. The van der Waals surface area contributed by atoms with Crippen LogP contribution in [0.15, 0.2) is 63.3 Å². The lowest BCUT2D eigenvalue weighted by Crippen LogP contribution is -2.03. The number of rotatable bonds is 7. The minimum atomic E-state index is -0.639. The van der Waals surface area contributed by atoms with Crippen LogP contribution < -0.4 is 20.4 Å². The predicted molar refractivity (Wildman–Crippen MR) is 127 cm³/mol. The van der Waals surface area contributed by atoms with E-state index in [4.69, 9.17) is 13.9 Å². The molecule has 0 fully saturated rings. The zero-order chi connectivity index (χ0) is 24.2. The Labute approximate surface area is 196 Å². The minimum Gasteiger partial charge on any atom is -0.497 e. The minimum absolute atomic E-state index is 0.125. The lowest BCUT2D eigenvalue weighted by molar-refractivity contribution is -0.384. The lowest BCUT2D eigenvalue weighted by Gasteiger charge is -2.10. The molecule has 0 radical (unpaired) electrons. The molecular weight excluding hydrogens is 460 g/mol.